The number of rotatable bonds is 7. The van der Waals surface area contributed by atoms with Crippen LogP contribution in [-0.2, 0) is 38.4 Å². The van der Waals surface area contributed by atoms with Crippen molar-refractivity contribution >= 4 is 28.4 Å². The number of nitrogens with zero attached hydrogens (tertiary/aromatic N) is 5. The molecule has 0 aliphatic carbocycles. The van der Waals surface area contributed by atoms with Gasteiger partial charge in [-0.15, -0.1) is 11.3 Å². The number of aromatic nitrogens is 4. The normalized spacial score (nSPS) is 11.2. The van der Waals surface area contributed by atoms with Gasteiger partial charge in [-0.1, -0.05) is 36.4 Å². The summed E-state index contributed by atoms with van der Waals surface area (Å²) in [6, 6.07) is 13.8. The molecule has 0 atom stereocenters. The fourth-order valence-corrected chi connectivity index (χ4v) is 4.28. The maximum atomic E-state index is 13.2. The van der Waals surface area contributed by atoms with Gasteiger partial charge in [0.1, 0.15) is 6.54 Å². The van der Waals surface area contributed by atoms with Crippen molar-refractivity contribution in [1.82, 2.24) is 23.6 Å². The molecule has 0 radical (unpaired) electrons. The molecule has 0 spiro atoms. The number of benzene rings is 1. The van der Waals surface area contributed by atoms with E-state index in [1.807, 2.05) is 47.8 Å². The van der Waals surface area contributed by atoms with Gasteiger partial charge in [0, 0.05) is 25.5 Å². The van der Waals surface area contributed by atoms with Crippen LogP contribution in [0.1, 0.15) is 10.4 Å². The third kappa shape index (κ3) is 4.22. The van der Waals surface area contributed by atoms with E-state index in [4.69, 9.17) is 0 Å². The van der Waals surface area contributed by atoms with Crippen molar-refractivity contribution in [1.29, 1.82) is 0 Å². The van der Waals surface area contributed by atoms with Gasteiger partial charge in [-0.25, -0.2) is 14.3 Å². The highest BCUT2D eigenvalue weighted by Gasteiger charge is 2.20. The van der Waals surface area contributed by atoms with E-state index in [1.165, 1.54) is 10.9 Å². The topological polar surface area (TPSA) is 82.1 Å². The van der Waals surface area contributed by atoms with E-state index >= 15 is 0 Å². The number of imidazole rings is 1. The van der Waals surface area contributed by atoms with Gasteiger partial charge in [0.25, 0.3) is 5.56 Å². The second-order valence-corrected chi connectivity index (χ2v) is 8.42. The fourth-order valence-electron chi connectivity index (χ4n) is 3.56. The number of hydrogen-bond donors (Lipinski definition) is 0. The Morgan fingerprint density at radius 2 is 1.87 bits per heavy atom. The summed E-state index contributed by atoms with van der Waals surface area (Å²) in [4.78, 5) is 45.8. The first-order valence-electron chi connectivity index (χ1n) is 9.90. The molecule has 4 rings (SSSR count). The van der Waals surface area contributed by atoms with Crippen LogP contribution >= 0.6 is 11.3 Å². The molecule has 8 nitrogen and oxygen atoms in total. The van der Waals surface area contributed by atoms with Crippen molar-refractivity contribution in [2.45, 2.75) is 19.5 Å². The highest BCUT2D eigenvalue weighted by Crippen LogP contribution is 2.13. The van der Waals surface area contributed by atoms with Crippen molar-refractivity contribution < 1.29 is 4.79 Å². The van der Waals surface area contributed by atoms with Crippen molar-refractivity contribution in [2.24, 2.45) is 14.1 Å². The molecule has 9 heteroatoms. The number of aryl methyl sites for hydroxylation is 2. The molecule has 0 aliphatic rings. The van der Waals surface area contributed by atoms with E-state index < -0.39 is 11.2 Å². The molecule has 0 fully saturated rings. The summed E-state index contributed by atoms with van der Waals surface area (Å²) in [5, 5.41) is 1.96. The van der Waals surface area contributed by atoms with Gasteiger partial charge >= 0.3 is 5.69 Å². The monoisotopic (exact) mass is 437 g/mol. The Bertz CT molecular complexity index is 1320. The average Bonchev–Trinajstić information content (AvgIpc) is 3.43. The number of hydrogen-bond acceptors (Lipinski definition) is 5. The highest BCUT2D eigenvalue weighted by atomic mass is 32.1. The number of carbonyl (C=O) groups is 1. The van der Waals surface area contributed by atoms with E-state index in [1.54, 1.807) is 34.9 Å². The third-order valence-electron chi connectivity index (χ3n) is 5.29. The van der Waals surface area contributed by atoms with E-state index in [0.717, 1.165) is 15.0 Å². The lowest BCUT2D eigenvalue weighted by atomic mass is 10.1. The van der Waals surface area contributed by atoms with Crippen LogP contribution in [0.4, 0.5) is 0 Å². The lowest BCUT2D eigenvalue weighted by molar-refractivity contribution is -0.132. The predicted molar refractivity (Wildman–Crippen MR) is 120 cm³/mol. The molecule has 160 valence electrons. The standard InChI is InChI=1S/C22H23N5O3S/c1-24-15-23-20-19(24)21(29)27(22(30)25(20)2)14-18(28)26(13-17-9-6-12-31-17)11-10-16-7-4-3-5-8-16/h3-9,12,15H,10-11,13-14H2,1-2H3. The zero-order valence-corrected chi connectivity index (χ0v) is 18.2. The van der Waals surface area contributed by atoms with Crippen LogP contribution in [0.5, 0.6) is 0 Å². The summed E-state index contributed by atoms with van der Waals surface area (Å²) >= 11 is 1.57. The molecule has 3 aromatic heterocycles. The van der Waals surface area contributed by atoms with E-state index in [9.17, 15) is 14.4 Å². The van der Waals surface area contributed by atoms with Crippen molar-refractivity contribution in [3.05, 3.63) is 85.5 Å². The van der Waals surface area contributed by atoms with Crippen molar-refractivity contribution in [2.75, 3.05) is 6.54 Å². The van der Waals surface area contributed by atoms with E-state index in [2.05, 4.69) is 4.98 Å². The second-order valence-electron chi connectivity index (χ2n) is 7.39. The summed E-state index contributed by atoms with van der Waals surface area (Å²) in [7, 11) is 3.24. The van der Waals surface area contributed by atoms with Crippen molar-refractivity contribution in [3.8, 4) is 0 Å². The molecular weight excluding hydrogens is 414 g/mol. The SMILES string of the molecule is Cn1cnc2c1c(=O)n(CC(=O)N(CCc1ccccc1)Cc1cccs1)c(=O)n2C. The minimum absolute atomic E-state index is 0.273. The van der Waals surface area contributed by atoms with Crippen molar-refractivity contribution in [3.63, 3.8) is 0 Å². The number of fused-ring (bicyclic) bond motifs is 1. The van der Waals surface area contributed by atoms with Crippen LogP contribution in [0.25, 0.3) is 11.2 Å². The van der Waals surface area contributed by atoms with Crippen LogP contribution in [0, 0.1) is 0 Å². The molecular formula is C22H23N5O3S. The quantitative estimate of drug-likeness (QED) is 0.441. The molecule has 1 aromatic carbocycles. The Kier molecular flexibility index (Phi) is 5.85. The van der Waals surface area contributed by atoms with Crippen LogP contribution in [0.3, 0.4) is 0 Å². The smallest absolute Gasteiger partial charge is 0.332 e. The van der Waals surface area contributed by atoms with Gasteiger partial charge in [0.15, 0.2) is 11.2 Å². The van der Waals surface area contributed by atoms with Gasteiger partial charge in [-0.05, 0) is 23.4 Å². The lowest BCUT2D eigenvalue weighted by Gasteiger charge is -2.23. The number of amides is 1. The molecule has 0 aliphatic heterocycles. The van der Waals surface area contributed by atoms with Gasteiger partial charge in [-0.3, -0.25) is 14.2 Å². The second kappa shape index (κ2) is 8.73. The van der Waals surface area contributed by atoms with Gasteiger partial charge in [-0.2, -0.15) is 0 Å². The fraction of sp³-hybridized carbons (Fsp3) is 0.273. The minimum Gasteiger partial charge on any atom is -0.336 e. The summed E-state index contributed by atoms with van der Waals surface area (Å²) in [6.07, 6.45) is 2.17. The Morgan fingerprint density at radius 3 is 2.58 bits per heavy atom. The van der Waals surface area contributed by atoms with Gasteiger partial charge < -0.3 is 9.47 Å². The molecule has 0 N–H and O–H groups in total. The Balaban J connectivity index is 1.63. The molecule has 0 saturated heterocycles. The Hall–Kier alpha value is -3.46. The number of carbonyl (C=O) groups excluding carboxylic acids is 1. The zero-order chi connectivity index (χ0) is 22.0. The average molecular weight is 438 g/mol. The number of thiophene rings is 1. The molecule has 0 saturated carbocycles. The van der Waals surface area contributed by atoms with Crippen LogP contribution in [-0.4, -0.2) is 36.0 Å². The first kappa shape index (κ1) is 20.8. The molecule has 0 unspecified atom stereocenters. The lowest BCUT2D eigenvalue weighted by Crippen LogP contribution is -2.44. The Morgan fingerprint density at radius 1 is 1.10 bits per heavy atom. The molecule has 4 aromatic rings. The minimum atomic E-state index is -0.552. The molecule has 0 bridgehead atoms. The van der Waals surface area contributed by atoms with Gasteiger partial charge in [0.05, 0.1) is 12.9 Å². The summed E-state index contributed by atoms with van der Waals surface area (Å²) in [5.74, 6) is -0.273. The summed E-state index contributed by atoms with van der Waals surface area (Å²) < 4.78 is 3.87. The largest absolute Gasteiger partial charge is 0.336 e. The summed E-state index contributed by atoms with van der Waals surface area (Å²) in [6.45, 7) is 0.614. The van der Waals surface area contributed by atoms with Crippen LogP contribution < -0.4 is 11.2 Å². The highest BCUT2D eigenvalue weighted by molar-refractivity contribution is 7.09. The maximum Gasteiger partial charge on any atom is 0.332 e. The third-order valence-corrected chi connectivity index (χ3v) is 6.15. The zero-order valence-electron chi connectivity index (χ0n) is 17.4. The van der Waals surface area contributed by atoms with Crippen LogP contribution in [0.2, 0.25) is 0 Å². The molecule has 1 amide bonds. The molecule has 3 heterocycles. The molecule has 31 heavy (non-hydrogen) atoms. The summed E-state index contributed by atoms with van der Waals surface area (Å²) in [5.41, 5.74) is 0.662. The predicted octanol–water partition coefficient (Wildman–Crippen LogP) is 1.77. The van der Waals surface area contributed by atoms with E-state index in [0.29, 0.717) is 30.7 Å². The van der Waals surface area contributed by atoms with Gasteiger partial charge in [0.2, 0.25) is 5.91 Å². The van der Waals surface area contributed by atoms with Crippen LogP contribution in [0.15, 0.2) is 63.8 Å². The Labute approximate surface area is 182 Å². The first-order valence-corrected chi connectivity index (χ1v) is 10.8. The van der Waals surface area contributed by atoms with E-state index in [-0.39, 0.29) is 12.5 Å². The first-order chi connectivity index (χ1) is 15.0. The maximum absolute atomic E-state index is 13.2.